The first-order valence-electron chi connectivity index (χ1n) is 9.82. The molecule has 1 amide bonds. The molecule has 29 heavy (non-hydrogen) atoms. The molecule has 0 saturated carbocycles. The van der Waals surface area contributed by atoms with Crippen LogP contribution in [0.5, 0.6) is 5.75 Å². The van der Waals surface area contributed by atoms with Gasteiger partial charge in [-0.2, -0.15) is 0 Å². The number of anilines is 2. The molecule has 1 aromatic heterocycles. The third kappa shape index (κ3) is 4.54. The van der Waals surface area contributed by atoms with Gasteiger partial charge in [0.05, 0.1) is 12.8 Å². The van der Waals surface area contributed by atoms with Gasteiger partial charge in [0.15, 0.2) is 5.82 Å². The number of carbonyl (C=O) groups is 1. The van der Waals surface area contributed by atoms with Crippen LogP contribution in [-0.2, 0) is 4.79 Å². The largest absolute Gasteiger partial charge is 0.497 e. The SMILES string of the molecule is COc1ccc(NC(=O)C2CCN(c3ccc(-c4ccccc4)nn3)CC2)cc1. The van der Waals surface area contributed by atoms with E-state index in [4.69, 9.17) is 4.74 Å². The quantitative estimate of drug-likeness (QED) is 0.715. The average Bonchev–Trinajstić information content (AvgIpc) is 2.80. The highest BCUT2D eigenvalue weighted by atomic mass is 16.5. The summed E-state index contributed by atoms with van der Waals surface area (Å²) in [6.45, 7) is 1.58. The van der Waals surface area contributed by atoms with Gasteiger partial charge in [-0.25, -0.2) is 0 Å². The summed E-state index contributed by atoms with van der Waals surface area (Å²) in [6, 6.07) is 21.4. The van der Waals surface area contributed by atoms with Crippen LogP contribution in [0, 0.1) is 5.92 Å². The van der Waals surface area contributed by atoms with E-state index in [1.807, 2.05) is 66.7 Å². The number of nitrogens with one attached hydrogen (secondary N) is 1. The summed E-state index contributed by atoms with van der Waals surface area (Å²) >= 11 is 0. The Kier molecular flexibility index (Phi) is 5.70. The Balaban J connectivity index is 1.32. The third-order valence-electron chi connectivity index (χ3n) is 5.27. The molecule has 0 bridgehead atoms. The predicted molar refractivity (Wildman–Crippen MR) is 114 cm³/mol. The molecule has 0 unspecified atom stereocenters. The lowest BCUT2D eigenvalue weighted by Crippen LogP contribution is -2.38. The molecular weight excluding hydrogens is 364 g/mol. The zero-order valence-corrected chi connectivity index (χ0v) is 16.4. The topological polar surface area (TPSA) is 67.3 Å². The van der Waals surface area contributed by atoms with E-state index in [-0.39, 0.29) is 11.8 Å². The van der Waals surface area contributed by atoms with Crippen LogP contribution in [-0.4, -0.2) is 36.3 Å². The Morgan fingerprint density at radius 2 is 1.69 bits per heavy atom. The number of nitrogens with zero attached hydrogens (tertiary/aromatic N) is 3. The summed E-state index contributed by atoms with van der Waals surface area (Å²) in [5.74, 6) is 1.71. The molecule has 0 atom stereocenters. The van der Waals surface area contributed by atoms with Gasteiger partial charge in [0.2, 0.25) is 5.91 Å². The molecule has 1 aliphatic rings. The number of amides is 1. The van der Waals surface area contributed by atoms with Crippen molar-refractivity contribution in [2.24, 2.45) is 5.92 Å². The smallest absolute Gasteiger partial charge is 0.227 e. The Labute approximate surface area is 170 Å². The van der Waals surface area contributed by atoms with Gasteiger partial charge in [-0.3, -0.25) is 4.79 Å². The first-order valence-corrected chi connectivity index (χ1v) is 9.82. The number of carbonyl (C=O) groups excluding carboxylic acids is 1. The van der Waals surface area contributed by atoms with Crippen molar-refractivity contribution in [1.29, 1.82) is 0 Å². The highest BCUT2D eigenvalue weighted by Crippen LogP contribution is 2.25. The standard InChI is InChI=1S/C23H24N4O2/c1-29-20-9-7-19(8-10-20)24-23(28)18-13-15-27(16-14-18)22-12-11-21(25-26-22)17-5-3-2-4-6-17/h2-12,18H,13-16H2,1H3,(H,24,28). The maximum absolute atomic E-state index is 12.6. The van der Waals surface area contributed by atoms with Gasteiger partial charge in [-0.15, -0.1) is 10.2 Å². The molecule has 4 rings (SSSR count). The predicted octanol–water partition coefficient (Wildman–Crippen LogP) is 4.01. The fourth-order valence-corrected chi connectivity index (χ4v) is 3.55. The number of piperidine rings is 1. The molecule has 1 aliphatic heterocycles. The summed E-state index contributed by atoms with van der Waals surface area (Å²) in [5, 5.41) is 11.8. The molecule has 1 N–H and O–H groups in total. The van der Waals surface area contributed by atoms with Gasteiger partial charge in [-0.05, 0) is 49.2 Å². The monoisotopic (exact) mass is 388 g/mol. The van der Waals surface area contributed by atoms with Crippen molar-refractivity contribution in [3.63, 3.8) is 0 Å². The Bertz CT molecular complexity index is 935. The van der Waals surface area contributed by atoms with E-state index >= 15 is 0 Å². The minimum atomic E-state index is 0.00454. The number of hydrogen-bond acceptors (Lipinski definition) is 5. The van der Waals surface area contributed by atoms with Gasteiger partial charge in [0.25, 0.3) is 0 Å². The minimum absolute atomic E-state index is 0.00454. The van der Waals surface area contributed by atoms with Crippen LogP contribution in [0.4, 0.5) is 11.5 Å². The van der Waals surface area contributed by atoms with Crippen LogP contribution in [0.2, 0.25) is 0 Å². The molecule has 1 fully saturated rings. The van der Waals surface area contributed by atoms with Crippen molar-refractivity contribution in [3.05, 3.63) is 66.7 Å². The molecule has 2 heterocycles. The minimum Gasteiger partial charge on any atom is -0.497 e. The van der Waals surface area contributed by atoms with E-state index in [1.165, 1.54) is 0 Å². The zero-order valence-electron chi connectivity index (χ0n) is 16.4. The van der Waals surface area contributed by atoms with E-state index in [1.54, 1.807) is 7.11 Å². The molecular formula is C23H24N4O2. The first kappa shape index (κ1) is 18.9. The number of benzene rings is 2. The number of aromatic nitrogens is 2. The summed E-state index contributed by atoms with van der Waals surface area (Å²) in [6.07, 6.45) is 1.59. The zero-order chi connectivity index (χ0) is 20.1. The van der Waals surface area contributed by atoms with Crippen molar-refractivity contribution in [1.82, 2.24) is 10.2 Å². The van der Waals surface area contributed by atoms with Crippen molar-refractivity contribution in [2.75, 3.05) is 30.4 Å². The van der Waals surface area contributed by atoms with E-state index < -0.39 is 0 Å². The van der Waals surface area contributed by atoms with Gasteiger partial charge < -0.3 is 15.0 Å². The Morgan fingerprint density at radius 3 is 2.31 bits per heavy atom. The lowest BCUT2D eigenvalue weighted by molar-refractivity contribution is -0.120. The van der Waals surface area contributed by atoms with Gasteiger partial charge in [0.1, 0.15) is 5.75 Å². The molecule has 148 valence electrons. The summed E-state index contributed by atoms with van der Waals surface area (Å²) in [7, 11) is 1.63. The molecule has 2 aromatic carbocycles. The molecule has 3 aromatic rings. The summed E-state index contributed by atoms with van der Waals surface area (Å²) in [4.78, 5) is 14.8. The molecule has 0 aliphatic carbocycles. The maximum atomic E-state index is 12.6. The molecule has 6 heteroatoms. The van der Waals surface area contributed by atoms with Crippen molar-refractivity contribution >= 4 is 17.4 Å². The lowest BCUT2D eigenvalue weighted by atomic mass is 9.95. The second kappa shape index (κ2) is 8.73. The highest BCUT2D eigenvalue weighted by molar-refractivity contribution is 5.92. The van der Waals surface area contributed by atoms with Crippen LogP contribution in [0.25, 0.3) is 11.3 Å². The lowest BCUT2D eigenvalue weighted by Gasteiger charge is -2.31. The fraction of sp³-hybridized carbons (Fsp3) is 0.261. The average molecular weight is 388 g/mol. The summed E-state index contributed by atoms with van der Waals surface area (Å²) in [5.41, 5.74) is 2.71. The molecule has 1 saturated heterocycles. The van der Waals surface area contributed by atoms with Crippen LogP contribution in [0.3, 0.4) is 0 Å². The normalized spacial score (nSPS) is 14.4. The van der Waals surface area contributed by atoms with E-state index in [0.29, 0.717) is 0 Å². The van der Waals surface area contributed by atoms with Gasteiger partial charge >= 0.3 is 0 Å². The van der Waals surface area contributed by atoms with Gasteiger partial charge in [0, 0.05) is 30.3 Å². The number of ether oxygens (including phenoxy) is 1. The first-order chi connectivity index (χ1) is 14.2. The van der Waals surface area contributed by atoms with E-state index in [9.17, 15) is 4.79 Å². The number of methoxy groups -OCH3 is 1. The molecule has 6 nitrogen and oxygen atoms in total. The number of rotatable bonds is 5. The molecule has 0 spiro atoms. The second-order valence-corrected chi connectivity index (χ2v) is 7.12. The number of hydrogen-bond donors (Lipinski definition) is 1. The Morgan fingerprint density at radius 1 is 0.966 bits per heavy atom. The van der Waals surface area contributed by atoms with E-state index in [2.05, 4.69) is 20.4 Å². The summed E-state index contributed by atoms with van der Waals surface area (Å²) < 4.78 is 5.15. The maximum Gasteiger partial charge on any atom is 0.227 e. The molecule has 0 radical (unpaired) electrons. The van der Waals surface area contributed by atoms with Crippen LogP contribution >= 0.6 is 0 Å². The second-order valence-electron chi connectivity index (χ2n) is 7.12. The third-order valence-corrected chi connectivity index (χ3v) is 5.27. The Hall–Kier alpha value is -3.41. The van der Waals surface area contributed by atoms with Crippen LogP contribution in [0.1, 0.15) is 12.8 Å². The van der Waals surface area contributed by atoms with Crippen molar-refractivity contribution in [2.45, 2.75) is 12.8 Å². The highest BCUT2D eigenvalue weighted by Gasteiger charge is 2.26. The van der Waals surface area contributed by atoms with Crippen molar-refractivity contribution in [3.8, 4) is 17.0 Å². The van der Waals surface area contributed by atoms with Crippen LogP contribution < -0.4 is 15.0 Å². The van der Waals surface area contributed by atoms with E-state index in [0.717, 1.165) is 54.4 Å². The van der Waals surface area contributed by atoms with Crippen molar-refractivity contribution < 1.29 is 9.53 Å². The van der Waals surface area contributed by atoms with Crippen LogP contribution in [0.15, 0.2) is 66.7 Å². The fourth-order valence-electron chi connectivity index (χ4n) is 3.55. The van der Waals surface area contributed by atoms with Gasteiger partial charge in [-0.1, -0.05) is 30.3 Å².